The summed E-state index contributed by atoms with van der Waals surface area (Å²) in [6.07, 6.45) is 0. The summed E-state index contributed by atoms with van der Waals surface area (Å²) >= 11 is 0. The summed E-state index contributed by atoms with van der Waals surface area (Å²) < 4.78 is 10.6. The minimum Gasteiger partial charge on any atom is -0.307 e. The van der Waals surface area contributed by atoms with Gasteiger partial charge in [0.1, 0.15) is 0 Å². The lowest BCUT2D eigenvalue weighted by Crippen LogP contribution is -2.25. The minimum atomic E-state index is -0.107. The first kappa shape index (κ1) is 44.9. The van der Waals surface area contributed by atoms with Crippen LogP contribution in [0.15, 0.2) is 285 Å². The van der Waals surface area contributed by atoms with E-state index >= 15 is 0 Å². The maximum Gasteiger partial charge on any atom is 0.0767 e. The molecule has 0 atom stereocenters. The van der Waals surface area contributed by atoms with Crippen LogP contribution in [0, 0.1) is 0 Å². The first-order chi connectivity index (χ1) is 41.2. The Kier molecular flexibility index (Phi) is 9.08. The van der Waals surface area contributed by atoms with Crippen molar-refractivity contribution in [3.05, 3.63) is 302 Å². The number of aromatic nitrogens is 4. The van der Waals surface area contributed by atoms with Gasteiger partial charge in [0.25, 0.3) is 0 Å². The summed E-state index contributed by atoms with van der Waals surface area (Å²) in [7, 11) is 0. The van der Waals surface area contributed by atoms with Gasteiger partial charge >= 0.3 is 0 Å². The zero-order chi connectivity index (χ0) is 54.0. The summed E-state index contributed by atoms with van der Waals surface area (Å²) in [4.78, 5) is 0. The molecular weight excluding hydrogens is 1000 g/mol. The van der Waals surface area contributed by atoms with E-state index in [4.69, 9.17) is 0 Å². The molecule has 19 rings (SSSR count). The largest absolute Gasteiger partial charge is 0.307 e. The van der Waals surface area contributed by atoms with E-state index in [0.29, 0.717) is 0 Å². The number of benzene rings is 13. The molecule has 83 heavy (non-hydrogen) atoms. The highest BCUT2D eigenvalue weighted by atomic mass is 15.1. The van der Waals surface area contributed by atoms with Gasteiger partial charge in [-0.25, -0.2) is 0 Å². The van der Waals surface area contributed by atoms with E-state index < -0.39 is 0 Å². The fourth-order valence-corrected chi connectivity index (χ4v) is 15.0. The molecule has 0 unspecified atom stereocenters. The van der Waals surface area contributed by atoms with Gasteiger partial charge in [-0.05, 0) is 122 Å². The SMILES string of the molecule is c1ccc(-c2ccc3c(c2)c2cc(-c4ccccc4)ccc2n3-c2cc(-n3c4ccc(-c5ccccc5)cc4c4cc(-c5ccccc5)ccc43)c3c4c2-n2c5ccccc5c5cccc(c52)C4c2cccc4c5ccccc5n-3c24)cc1. The molecule has 4 aromatic heterocycles. The van der Waals surface area contributed by atoms with E-state index in [1.54, 1.807) is 0 Å². The van der Waals surface area contributed by atoms with Crippen molar-refractivity contribution in [2.75, 3.05) is 0 Å². The fraction of sp³-hybridized carbons (Fsp3) is 0.0127. The van der Waals surface area contributed by atoms with Crippen molar-refractivity contribution in [1.29, 1.82) is 0 Å². The van der Waals surface area contributed by atoms with Gasteiger partial charge in [0.2, 0.25) is 0 Å². The highest BCUT2D eigenvalue weighted by Crippen LogP contribution is 2.58. The van der Waals surface area contributed by atoms with Crippen LogP contribution in [-0.2, 0) is 0 Å². The quantitative estimate of drug-likeness (QED) is 0.158. The maximum atomic E-state index is 2.66. The fourth-order valence-electron chi connectivity index (χ4n) is 15.0. The Balaban J connectivity index is 1.04. The van der Waals surface area contributed by atoms with Crippen molar-refractivity contribution < 1.29 is 0 Å². The molecule has 0 bridgehead atoms. The molecule has 0 aliphatic carbocycles. The number of nitrogens with zero attached hydrogens (tertiary/aromatic N) is 4. The third kappa shape index (κ3) is 6.13. The van der Waals surface area contributed by atoms with E-state index in [0.717, 1.165) is 33.4 Å². The van der Waals surface area contributed by atoms with Gasteiger partial charge in [-0.15, -0.1) is 0 Å². The number of para-hydroxylation sites is 4. The van der Waals surface area contributed by atoms with Gasteiger partial charge in [0.05, 0.1) is 66.9 Å². The Hall–Kier alpha value is -10.9. The molecule has 6 heterocycles. The van der Waals surface area contributed by atoms with Crippen LogP contribution < -0.4 is 0 Å². The van der Waals surface area contributed by atoms with E-state index in [1.807, 2.05) is 0 Å². The standard InChI is InChI=1S/C79H48N4/c1-5-19-48(20-6-1)52-35-39-68-62(43-52)63-44-53(49-21-7-2-8-22-49)36-40-69(63)80(68)72-47-73(81-70-41-37-54(50-23-9-3-10-24-50)45-64(70)65-46-55(38-42-71(65)81)51-25-11-4-12-26-51)79-75-74(61-32-18-30-59-57-28-14-16-34-67(57)83(79)77(59)61)60-31-17-29-58-56-27-13-15-33-66(56)82(76(58)60)78(72)75/h1-47,74H. The number of hydrogen-bond acceptors (Lipinski definition) is 0. The average molecular weight is 1050 g/mol. The Labute approximate surface area is 477 Å². The minimum absolute atomic E-state index is 0.107. The van der Waals surface area contributed by atoms with Gasteiger partial charge in [-0.2, -0.15) is 0 Å². The molecule has 0 saturated carbocycles. The van der Waals surface area contributed by atoms with Crippen molar-refractivity contribution >= 4 is 87.2 Å². The molecule has 2 aliphatic heterocycles. The van der Waals surface area contributed by atoms with E-state index in [-0.39, 0.29) is 5.92 Å². The second-order valence-electron chi connectivity index (χ2n) is 22.7. The van der Waals surface area contributed by atoms with Crippen LogP contribution in [0.25, 0.3) is 154 Å². The monoisotopic (exact) mass is 1050 g/mol. The van der Waals surface area contributed by atoms with Crippen LogP contribution in [-0.4, -0.2) is 18.3 Å². The molecule has 0 saturated heterocycles. The summed E-state index contributed by atoms with van der Waals surface area (Å²) in [6.45, 7) is 0. The Morgan fingerprint density at radius 2 is 0.506 bits per heavy atom. The predicted octanol–water partition coefficient (Wildman–Crippen LogP) is 20.6. The second-order valence-corrected chi connectivity index (χ2v) is 22.7. The normalized spacial score (nSPS) is 12.8. The van der Waals surface area contributed by atoms with Crippen molar-refractivity contribution in [2.45, 2.75) is 5.92 Å². The van der Waals surface area contributed by atoms with E-state index in [2.05, 4.69) is 303 Å². The second kappa shape index (κ2) is 16.8. The first-order valence-corrected chi connectivity index (χ1v) is 28.9. The van der Waals surface area contributed by atoms with E-state index in [9.17, 15) is 0 Å². The maximum absolute atomic E-state index is 2.66. The first-order valence-electron chi connectivity index (χ1n) is 28.9. The lowest BCUT2D eigenvalue weighted by atomic mass is 9.77. The lowest BCUT2D eigenvalue weighted by Gasteiger charge is -2.38. The highest BCUT2D eigenvalue weighted by Gasteiger charge is 2.42. The topological polar surface area (TPSA) is 19.7 Å². The van der Waals surface area contributed by atoms with Crippen molar-refractivity contribution in [3.8, 4) is 67.3 Å². The molecular formula is C79H48N4. The molecule has 2 aliphatic rings. The van der Waals surface area contributed by atoms with Crippen molar-refractivity contribution in [3.63, 3.8) is 0 Å². The average Bonchev–Trinajstić information content (AvgIpc) is 1.75. The van der Waals surface area contributed by atoms with Crippen molar-refractivity contribution in [2.24, 2.45) is 0 Å². The lowest BCUT2D eigenvalue weighted by molar-refractivity contribution is 0.869. The number of hydrogen-bond donors (Lipinski definition) is 0. The zero-order valence-electron chi connectivity index (χ0n) is 45.0. The van der Waals surface area contributed by atoms with Gasteiger partial charge in [0, 0.05) is 54.6 Å². The third-order valence-electron chi connectivity index (χ3n) is 18.5. The smallest absolute Gasteiger partial charge is 0.0767 e. The van der Waals surface area contributed by atoms with Crippen molar-refractivity contribution in [1.82, 2.24) is 18.3 Å². The number of rotatable bonds is 6. The molecule has 4 heteroatoms. The third-order valence-corrected chi connectivity index (χ3v) is 18.5. The van der Waals surface area contributed by atoms with E-state index in [1.165, 1.54) is 138 Å². The van der Waals surface area contributed by atoms with Crippen LogP contribution in [0.4, 0.5) is 0 Å². The zero-order valence-corrected chi connectivity index (χ0v) is 45.0. The van der Waals surface area contributed by atoms with Gasteiger partial charge < -0.3 is 18.3 Å². The number of fused-ring (bicyclic) bond motifs is 16. The summed E-state index contributed by atoms with van der Waals surface area (Å²) in [5.74, 6) is -0.107. The summed E-state index contributed by atoms with van der Waals surface area (Å²) in [6, 6.07) is 107. The molecule has 4 nitrogen and oxygen atoms in total. The molecule has 17 aromatic rings. The molecule has 384 valence electrons. The molecule has 0 amide bonds. The van der Waals surface area contributed by atoms with Gasteiger partial charge in [-0.1, -0.05) is 218 Å². The Bertz CT molecular complexity index is 5060. The summed E-state index contributed by atoms with van der Waals surface area (Å²) in [5.41, 5.74) is 27.7. The Morgan fingerprint density at radius 1 is 0.205 bits per heavy atom. The molecule has 0 spiro atoms. The molecule has 0 N–H and O–H groups in total. The predicted molar refractivity (Wildman–Crippen MR) is 346 cm³/mol. The van der Waals surface area contributed by atoms with Crippen LogP contribution in [0.1, 0.15) is 22.6 Å². The Morgan fingerprint density at radius 3 is 0.855 bits per heavy atom. The van der Waals surface area contributed by atoms with Crippen LogP contribution >= 0.6 is 0 Å². The highest BCUT2D eigenvalue weighted by molar-refractivity contribution is 6.18. The molecule has 0 radical (unpaired) electrons. The summed E-state index contributed by atoms with van der Waals surface area (Å²) in [5, 5.41) is 9.89. The van der Waals surface area contributed by atoms with Crippen LogP contribution in [0.5, 0.6) is 0 Å². The van der Waals surface area contributed by atoms with Gasteiger partial charge in [0.15, 0.2) is 0 Å². The molecule has 0 fully saturated rings. The molecule has 13 aromatic carbocycles. The van der Waals surface area contributed by atoms with Gasteiger partial charge in [-0.3, -0.25) is 0 Å². The van der Waals surface area contributed by atoms with Crippen LogP contribution in [0.2, 0.25) is 0 Å². The van der Waals surface area contributed by atoms with Crippen LogP contribution in [0.3, 0.4) is 0 Å².